The van der Waals surface area contributed by atoms with Crippen molar-refractivity contribution in [3.05, 3.63) is 23.5 Å². The van der Waals surface area contributed by atoms with E-state index in [0.717, 1.165) is 12.8 Å². The number of nitrogens with two attached hydrogens (primary N) is 1. The van der Waals surface area contributed by atoms with Gasteiger partial charge in [0.1, 0.15) is 17.1 Å². The highest BCUT2D eigenvalue weighted by atomic mass is 19.1. The average Bonchev–Trinajstić information content (AvgIpc) is 3.19. The molecule has 1 aromatic rings. The molecule has 1 fully saturated rings. The van der Waals surface area contributed by atoms with Gasteiger partial charge in [0.2, 0.25) is 0 Å². The van der Waals surface area contributed by atoms with Crippen molar-refractivity contribution >= 4 is 11.7 Å². The molecule has 0 spiro atoms. The van der Waals surface area contributed by atoms with Crippen molar-refractivity contribution in [3.63, 3.8) is 0 Å². The Labute approximate surface area is 111 Å². The van der Waals surface area contributed by atoms with Crippen LogP contribution in [-0.4, -0.2) is 19.2 Å². The highest BCUT2D eigenvalue weighted by Gasteiger charge is 2.24. The minimum atomic E-state index is -0.742. The number of nitrogen functional groups attached to an aromatic ring is 1. The third-order valence-electron chi connectivity index (χ3n) is 2.97. The molecule has 0 bridgehead atoms. The molecule has 0 amide bonds. The maximum absolute atomic E-state index is 13.7. The first-order valence-corrected chi connectivity index (χ1v) is 6.51. The number of carbonyl (C=O) groups is 1. The quantitative estimate of drug-likeness (QED) is 0.636. The first-order valence-electron chi connectivity index (χ1n) is 6.51. The fraction of sp³-hybridized carbons (Fsp3) is 0.500. The molecule has 0 atom stereocenters. The van der Waals surface area contributed by atoms with E-state index in [9.17, 15) is 9.18 Å². The topological polar surface area (TPSA) is 61.5 Å². The standard InChI is InChI=1S/C14H18FNO3/c1-2-7-18-14(17)12-10(15)5-6-11(13(12)16)19-8-9-3-4-9/h5-6,9H,2-4,7-8,16H2,1H3. The van der Waals surface area contributed by atoms with E-state index in [1.165, 1.54) is 12.1 Å². The Hall–Kier alpha value is -1.78. The van der Waals surface area contributed by atoms with Gasteiger partial charge < -0.3 is 15.2 Å². The van der Waals surface area contributed by atoms with Gasteiger partial charge in [0.25, 0.3) is 0 Å². The lowest BCUT2D eigenvalue weighted by Crippen LogP contribution is -2.13. The molecule has 0 unspecified atom stereocenters. The van der Waals surface area contributed by atoms with Crippen LogP contribution in [0.1, 0.15) is 36.5 Å². The van der Waals surface area contributed by atoms with Crippen LogP contribution in [0.3, 0.4) is 0 Å². The van der Waals surface area contributed by atoms with Crippen molar-refractivity contribution < 1.29 is 18.7 Å². The number of esters is 1. The number of hydrogen-bond acceptors (Lipinski definition) is 4. The summed E-state index contributed by atoms with van der Waals surface area (Å²) < 4.78 is 24.1. The van der Waals surface area contributed by atoms with Gasteiger partial charge >= 0.3 is 5.97 Å². The maximum Gasteiger partial charge on any atom is 0.343 e. The Morgan fingerprint density at radius 1 is 1.47 bits per heavy atom. The molecule has 4 nitrogen and oxygen atoms in total. The molecule has 0 saturated heterocycles. The molecular weight excluding hydrogens is 249 g/mol. The third-order valence-corrected chi connectivity index (χ3v) is 2.97. The molecule has 2 rings (SSSR count). The van der Waals surface area contributed by atoms with Crippen molar-refractivity contribution in [2.24, 2.45) is 5.92 Å². The fourth-order valence-electron chi connectivity index (χ4n) is 1.67. The van der Waals surface area contributed by atoms with Gasteiger partial charge in [0, 0.05) is 0 Å². The summed E-state index contributed by atoms with van der Waals surface area (Å²) in [5.41, 5.74) is 5.58. The molecule has 1 saturated carbocycles. The molecule has 19 heavy (non-hydrogen) atoms. The molecular formula is C14H18FNO3. The third kappa shape index (κ3) is 3.36. The van der Waals surface area contributed by atoms with E-state index in [1.807, 2.05) is 6.92 Å². The molecule has 1 aromatic carbocycles. The summed E-state index contributed by atoms with van der Waals surface area (Å²) in [6, 6.07) is 2.63. The Kier molecular flexibility index (Phi) is 4.24. The normalized spacial score (nSPS) is 14.2. The summed E-state index contributed by atoms with van der Waals surface area (Å²) in [7, 11) is 0. The first kappa shape index (κ1) is 13.6. The Bertz CT molecular complexity index is 472. The zero-order chi connectivity index (χ0) is 13.8. The zero-order valence-electron chi connectivity index (χ0n) is 10.9. The second-order valence-corrected chi connectivity index (χ2v) is 4.72. The second-order valence-electron chi connectivity index (χ2n) is 4.72. The van der Waals surface area contributed by atoms with Crippen LogP contribution in [0.25, 0.3) is 0 Å². The Morgan fingerprint density at radius 3 is 2.84 bits per heavy atom. The number of anilines is 1. The van der Waals surface area contributed by atoms with Gasteiger partial charge in [-0.05, 0) is 37.3 Å². The number of benzene rings is 1. The lowest BCUT2D eigenvalue weighted by Gasteiger charge is -2.12. The fourth-order valence-corrected chi connectivity index (χ4v) is 1.67. The zero-order valence-corrected chi connectivity index (χ0v) is 10.9. The lowest BCUT2D eigenvalue weighted by atomic mass is 10.1. The van der Waals surface area contributed by atoms with E-state index in [2.05, 4.69) is 0 Å². The summed E-state index contributed by atoms with van der Waals surface area (Å²) in [6.07, 6.45) is 2.96. The molecule has 104 valence electrons. The summed E-state index contributed by atoms with van der Waals surface area (Å²) in [4.78, 5) is 11.8. The number of ether oxygens (including phenoxy) is 2. The van der Waals surface area contributed by atoms with Gasteiger partial charge in [0.05, 0.1) is 18.9 Å². The van der Waals surface area contributed by atoms with Gasteiger partial charge in [-0.25, -0.2) is 9.18 Å². The number of hydrogen-bond donors (Lipinski definition) is 1. The van der Waals surface area contributed by atoms with Crippen LogP contribution in [0, 0.1) is 11.7 Å². The van der Waals surface area contributed by atoms with Crippen LogP contribution in [0.4, 0.5) is 10.1 Å². The summed E-state index contributed by atoms with van der Waals surface area (Å²) >= 11 is 0. The minimum absolute atomic E-state index is 0.0155. The predicted octanol–water partition coefficient (Wildman–Crippen LogP) is 2.76. The van der Waals surface area contributed by atoms with Gasteiger partial charge in [-0.3, -0.25) is 0 Å². The first-order chi connectivity index (χ1) is 9.13. The number of carbonyl (C=O) groups excluding carboxylic acids is 1. The lowest BCUT2D eigenvalue weighted by molar-refractivity contribution is 0.0500. The monoisotopic (exact) mass is 267 g/mol. The molecule has 5 heteroatoms. The molecule has 0 heterocycles. The van der Waals surface area contributed by atoms with Crippen molar-refractivity contribution in [2.75, 3.05) is 18.9 Å². The highest BCUT2D eigenvalue weighted by Crippen LogP contribution is 2.33. The van der Waals surface area contributed by atoms with Gasteiger partial charge in [-0.15, -0.1) is 0 Å². The summed E-state index contributed by atoms with van der Waals surface area (Å²) in [6.45, 7) is 2.66. The van der Waals surface area contributed by atoms with E-state index in [0.29, 0.717) is 24.7 Å². The van der Waals surface area contributed by atoms with Crippen LogP contribution < -0.4 is 10.5 Å². The molecule has 1 aliphatic carbocycles. The maximum atomic E-state index is 13.7. The number of halogens is 1. The van der Waals surface area contributed by atoms with Crippen LogP contribution in [-0.2, 0) is 4.74 Å². The van der Waals surface area contributed by atoms with Crippen molar-refractivity contribution in [1.82, 2.24) is 0 Å². The Balaban J connectivity index is 2.15. The van der Waals surface area contributed by atoms with Gasteiger partial charge in [-0.1, -0.05) is 6.92 Å². The van der Waals surface area contributed by atoms with Crippen molar-refractivity contribution in [3.8, 4) is 5.75 Å². The van der Waals surface area contributed by atoms with Crippen LogP contribution in [0.2, 0.25) is 0 Å². The van der Waals surface area contributed by atoms with E-state index in [-0.39, 0.29) is 17.9 Å². The summed E-state index contributed by atoms with van der Waals surface area (Å²) in [5.74, 6) is -0.525. The smallest absolute Gasteiger partial charge is 0.343 e. The SMILES string of the molecule is CCCOC(=O)c1c(F)ccc(OCC2CC2)c1N. The van der Waals surface area contributed by atoms with Gasteiger partial charge in [-0.2, -0.15) is 0 Å². The van der Waals surface area contributed by atoms with E-state index >= 15 is 0 Å². The van der Waals surface area contributed by atoms with Crippen LogP contribution >= 0.6 is 0 Å². The number of rotatable bonds is 6. The van der Waals surface area contributed by atoms with Crippen molar-refractivity contribution in [1.29, 1.82) is 0 Å². The average molecular weight is 267 g/mol. The highest BCUT2D eigenvalue weighted by molar-refractivity contribution is 5.96. The largest absolute Gasteiger partial charge is 0.491 e. The molecule has 0 aromatic heterocycles. The van der Waals surface area contributed by atoms with E-state index in [4.69, 9.17) is 15.2 Å². The van der Waals surface area contributed by atoms with Crippen LogP contribution in [0.5, 0.6) is 5.75 Å². The second kappa shape index (κ2) is 5.91. The van der Waals surface area contributed by atoms with Gasteiger partial charge in [0.15, 0.2) is 0 Å². The predicted molar refractivity (Wildman–Crippen MR) is 69.6 cm³/mol. The molecule has 2 N–H and O–H groups in total. The molecule has 0 radical (unpaired) electrons. The Morgan fingerprint density at radius 2 is 2.21 bits per heavy atom. The van der Waals surface area contributed by atoms with E-state index < -0.39 is 11.8 Å². The molecule has 1 aliphatic rings. The minimum Gasteiger partial charge on any atom is -0.491 e. The van der Waals surface area contributed by atoms with Crippen LogP contribution in [0.15, 0.2) is 12.1 Å². The summed E-state index contributed by atoms with van der Waals surface area (Å²) in [5, 5.41) is 0. The molecule has 0 aliphatic heterocycles. The van der Waals surface area contributed by atoms with Crippen molar-refractivity contribution in [2.45, 2.75) is 26.2 Å². The van der Waals surface area contributed by atoms with E-state index in [1.54, 1.807) is 0 Å².